The summed E-state index contributed by atoms with van der Waals surface area (Å²) in [6.07, 6.45) is 0. The summed E-state index contributed by atoms with van der Waals surface area (Å²) in [5, 5.41) is 3.19. The standard InChI is InChI=1S/C18H16N2O/c1-2-19-18-16(17(21)13-9-5-3-6-10-13)14-11-7-4-8-12-15(14)20-18/h3-12H,2H2,1H3,(H,19,20). The Hall–Kier alpha value is -2.68. The summed E-state index contributed by atoms with van der Waals surface area (Å²) < 4.78 is 0. The lowest BCUT2D eigenvalue weighted by molar-refractivity contribution is 0.104. The van der Waals surface area contributed by atoms with E-state index < -0.39 is 0 Å². The molecule has 0 spiro atoms. The normalized spacial score (nSPS) is 10.5. The van der Waals surface area contributed by atoms with Gasteiger partial charge in [-0.25, -0.2) is 4.98 Å². The third kappa shape index (κ3) is 2.50. The average Bonchev–Trinajstić information content (AvgIpc) is 2.69. The molecule has 104 valence electrons. The zero-order valence-corrected chi connectivity index (χ0v) is 11.8. The summed E-state index contributed by atoms with van der Waals surface area (Å²) in [6, 6.07) is 19.0. The molecule has 3 nitrogen and oxygen atoms in total. The molecule has 21 heavy (non-hydrogen) atoms. The van der Waals surface area contributed by atoms with Crippen LogP contribution in [0.2, 0.25) is 0 Å². The summed E-state index contributed by atoms with van der Waals surface area (Å²) in [7, 11) is 0. The fourth-order valence-electron chi connectivity index (χ4n) is 2.41. The molecule has 1 aromatic carbocycles. The Labute approximate surface area is 124 Å². The number of anilines is 1. The van der Waals surface area contributed by atoms with Crippen LogP contribution in [0, 0.1) is 0 Å². The van der Waals surface area contributed by atoms with Gasteiger partial charge in [-0.05, 0) is 13.0 Å². The van der Waals surface area contributed by atoms with Crippen LogP contribution in [0.1, 0.15) is 22.8 Å². The molecule has 1 aromatic rings. The second kappa shape index (κ2) is 5.75. The summed E-state index contributed by atoms with van der Waals surface area (Å²) in [5.74, 6) is 0.660. The highest BCUT2D eigenvalue weighted by molar-refractivity contribution is 6.16. The van der Waals surface area contributed by atoms with Gasteiger partial charge in [-0.1, -0.05) is 54.6 Å². The van der Waals surface area contributed by atoms with Gasteiger partial charge in [0.1, 0.15) is 5.82 Å². The summed E-state index contributed by atoms with van der Waals surface area (Å²) >= 11 is 0. The fraction of sp³-hybridized carbons (Fsp3) is 0.111. The molecule has 0 amide bonds. The van der Waals surface area contributed by atoms with Crippen LogP contribution in [0.15, 0.2) is 60.7 Å². The van der Waals surface area contributed by atoms with E-state index in [0.717, 1.165) is 17.8 Å². The van der Waals surface area contributed by atoms with Crippen molar-refractivity contribution < 1.29 is 4.79 Å². The molecule has 1 aliphatic carbocycles. The van der Waals surface area contributed by atoms with Crippen LogP contribution >= 0.6 is 0 Å². The quantitative estimate of drug-likeness (QED) is 0.736. The van der Waals surface area contributed by atoms with Gasteiger partial charge in [0.2, 0.25) is 0 Å². The van der Waals surface area contributed by atoms with Crippen molar-refractivity contribution in [2.45, 2.75) is 6.92 Å². The zero-order chi connectivity index (χ0) is 14.7. The van der Waals surface area contributed by atoms with E-state index in [1.807, 2.05) is 67.6 Å². The van der Waals surface area contributed by atoms with Gasteiger partial charge in [0.15, 0.2) is 5.78 Å². The van der Waals surface area contributed by atoms with Gasteiger partial charge in [-0.3, -0.25) is 4.79 Å². The third-order valence-electron chi connectivity index (χ3n) is 3.36. The molecule has 0 bridgehead atoms. The number of hydrogen-bond donors (Lipinski definition) is 1. The zero-order valence-electron chi connectivity index (χ0n) is 11.8. The predicted molar refractivity (Wildman–Crippen MR) is 84.9 cm³/mol. The van der Waals surface area contributed by atoms with E-state index in [0.29, 0.717) is 16.9 Å². The predicted octanol–water partition coefficient (Wildman–Crippen LogP) is 3.85. The lowest BCUT2D eigenvalue weighted by atomic mass is 10.00. The number of carbonyl (C=O) groups is 1. The second-order valence-electron chi connectivity index (χ2n) is 4.77. The van der Waals surface area contributed by atoms with Crippen molar-refractivity contribution in [1.29, 1.82) is 0 Å². The molecule has 0 fully saturated rings. The second-order valence-corrected chi connectivity index (χ2v) is 4.77. The minimum Gasteiger partial charge on any atom is -0.370 e. The first kappa shape index (κ1) is 13.3. The van der Waals surface area contributed by atoms with Gasteiger partial charge < -0.3 is 5.32 Å². The topological polar surface area (TPSA) is 42.0 Å². The number of nitrogens with one attached hydrogen (secondary N) is 1. The Kier molecular flexibility index (Phi) is 3.65. The Morgan fingerprint density at radius 2 is 1.67 bits per heavy atom. The summed E-state index contributed by atoms with van der Waals surface area (Å²) in [5.41, 5.74) is 3.03. The highest BCUT2D eigenvalue weighted by Gasteiger charge is 2.23. The molecule has 0 saturated carbocycles. The number of rotatable bonds is 4. The van der Waals surface area contributed by atoms with Crippen LogP contribution < -0.4 is 5.32 Å². The smallest absolute Gasteiger partial charge is 0.197 e. The van der Waals surface area contributed by atoms with Crippen LogP contribution in [0.4, 0.5) is 5.82 Å². The Morgan fingerprint density at radius 1 is 1.00 bits per heavy atom. The van der Waals surface area contributed by atoms with E-state index in [-0.39, 0.29) is 5.78 Å². The first-order valence-corrected chi connectivity index (χ1v) is 7.03. The first-order valence-electron chi connectivity index (χ1n) is 7.03. The van der Waals surface area contributed by atoms with Crippen molar-refractivity contribution in [3.05, 3.63) is 71.8 Å². The van der Waals surface area contributed by atoms with Crippen LogP contribution in [0.3, 0.4) is 0 Å². The van der Waals surface area contributed by atoms with E-state index in [9.17, 15) is 4.79 Å². The summed E-state index contributed by atoms with van der Waals surface area (Å²) in [4.78, 5) is 17.4. The van der Waals surface area contributed by atoms with E-state index in [1.165, 1.54) is 0 Å². The fourth-order valence-corrected chi connectivity index (χ4v) is 2.41. The van der Waals surface area contributed by atoms with Crippen molar-refractivity contribution in [1.82, 2.24) is 4.98 Å². The number of fused-ring (bicyclic) bond motifs is 1. The molecule has 1 N–H and O–H groups in total. The minimum absolute atomic E-state index is 0.000231. The number of benzene rings is 1. The Balaban J connectivity index is 2.18. The first-order chi connectivity index (χ1) is 10.3. The van der Waals surface area contributed by atoms with Gasteiger partial charge in [-0.2, -0.15) is 0 Å². The minimum atomic E-state index is 0.000231. The largest absolute Gasteiger partial charge is 0.370 e. The van der Waals surface area contributed by atoms with Crippen molar-refractivity contribution in [2.75, 3.05) is 11.9 Å². The van der Waals surface area contributed by atoms with Crippen molar-refractivity contribution in [3.63, 3.8) is 0 Å². The highest BCUT2D eigenvalue weighted by atomic mass is 16.1. The monoisotopic (exact) mass is 276 g/mol. The van der Waals surface area contributed by atoms with Crippen molar-refractivity contribution in [2.24, 2.45) is 0 Å². The maximum atomic E-state index is 12.8. The van der Waals surface area contributed by atoms with E-state index in [4.69, 9.17) is 0 Å². The van der Waals surface area contributed by atoms with Gasteiger partial charge in [0, 0.05) is 17.7 Å². The molecule has 1 aliphatic heterocycles. The van der Waals surface area contributed by atoms with E-state index in [2.05, 4.69) is 10.3 Å². The molecule has 0 radical (unpaired) electrons. The number of carbonyl (C=O) groups excluding carboxylic acids is 1. The summed E-state index contributed by atoms with van der Waals surface area (Å²) in [6.45, 7) is 2.72. The van der Waals surface area contributed by atoms with Gasteiger partial charge in [0.25, 0.3) is 0 Å². The lowest BCUT2D eigenvalue weighted by Crippen LogP contribution is -2.06. The lowest BCUT2D eigenvalue weighted by Gasteiger charge is -2.05. The Bertz CT molecular complexity index is 737. The SMILES string of the molecule is CCNc1nc2cccccc-2c1C(=O)c1ccccc1. The Morgan fingerprint density at radius 3 is 2.38 bits per heavy atom. The van der Waals surface area contributed by atoms with Crippen LogP contribution in [0.5, 0.6) is 0 Å². The van der Waals surface area contributed by atoms with Crippen LogP contribution in [-0.4, -0.2) is 17.3 Å². The molecule has 1 heterocycles. The number of aromatic nitrogens is 1. The molecule has 2 aliphatic rings. The molecular weight excluding hydrogens is 260 g/mol. The van der Waals surface area contributed by atoms with E-state index >= 15 is 0 Å². The maximum absolute atomic E-state index is 12.8. The molecule has 0 atom stereocenters. The molecule has 0 saturated heterocycles. The van der Waals surface area contributed by atoms with Gasteiger partial charge >= 0.3 is 0 Å². The van der Waals surface area contributed by atoms with Gasteiger partial charge in [0.05, 0.1) is 11.3 Å². The van der Waals surface area contributed by atoms with Crippen molar-refractivity contribution in [3.8, 4) is 11.3 Å². The number of hydrogen-bond acceptors (Lipinski definition) is 3. The molecule has 3 rings (SSSR count). The molecular formula is C18H16N2O. The number of ketones is 1. The van der Waals surface area contributed by atoms with Crippen molar-refractivity contribution >= 4 is 11.6 Å². The van der Waals surface area contributed by atoms with Gasteiger partial charge in [-0.15, -0.1) is 0 Å². The maximum Gasteiger partial charge on any atom is 0.197 e. The highest BCUT2D eigenvalue weighted by Crippen LogP contribution is 2.32. The molecule has 0 unspecified atom stereocenters. The number of nitrogens with zero attached hydrogens (tertiary/aromatic N) is 1. The van der Waals surface area contributed by atoms with Crippen LogP contribution in [0.25, 0.3) is 11.3 Å². The molecule has 0 aromatic heterocycles. The van der Waals surface area contributed by atoms with E-state index in [1.54, 1.807) is 0 Å². The average molecular weight is 276 g/mol. The van der Waals surface area contributed by atoms with Crippen LogP contribution in [-0.2, 0) is 0 Å². The third-order valence-corrected chi connectivity index (χ3v) is 3.36. The molecule has 3 heteroatoms.